The topological polar surface area (TPSA) is 3.24 Å². The predicted molar refractivity (Wildman–Crippen MR) is 45.8 cm³/mol. The van der Waals surface area contributed by atoms with Gasteiger partial charge in [0.05, 0.1) is 6.54 Å². The molecule has 1 heteroatoms. The first-order valence-corrected chi connectivity index (χ1v) is 3.56. The molecule has 0 spiro atoms. The molecule has 0 rings (SSSR count). The Kier molecular flexibility index (Phi) is 3.46. The van der Waals surface area contributed by atoms with Crippen molar-refractivity contribution in [3.05, 3.63) is 0 Å². The molecule has 10 heavy (non-hydrogen) atoms. The first-order valence-electron chi connectivity index (χ1n) is 3.56. The van der Waals surface area contributed by atoms with E-state index in [1.807, 2.05) is 14.1 Å². The van der Waals surface area contributed by atoms with Gasteiger partial charge in [-0.05, 0) is 34.9 Å². The van der Waals surface area contributed by atoms with Crippen LogP contribution in [0.15, 0.2) is 0 Å². The first-order chi connectivity index (χ1) is 4.42. The minimum Gasteiger partial charge on any atom is -0.299 e. The average Bonchev–Trinajstić information content (AvgIpc) is 1.59. The maximum atomic E-state index is 3.16. The molecule has 0 unspecified atom stereocenters. The van der Waals surface area contributed by atoms with Crippen molar-refractivity contribution in [1.82, 2.24) is 4.90 Å². The van der Waals surface area contributed by atoms with Crippen LogP contribution in [0.3, 0.4) is 0 Å². The van der Waals surface area contributed by atoms with E-state index in [2.05, 4.69) is 37.5 Å². The van der Waals surface area contributed by atoms with E-state index in [1.165, 1.54) is 0 Å². The second kappa shape index (κ2) is 3.63. The van der Waals surface area contributed by atoms with Crippen LogP contribution >= 0.6 is 0 Å². The third-order valence-corrected chi connectivity index (χ3v) is 0.859. The van der Waals surface area contributed by atoms with E-state index in [0.717, 1.165) is 6.54 Å². The van der Waals surface area contributed by atoms with E-state index in [1.54, 1.807) is 0 Å². The van der Waals surface area contributed by atoms with Crippen LogP contribution in [-0.2, 0) is 0 Å². The minimum absolute atomic E-state index is 0.149. The molecule has 1 nitrogen and oxygen atoms in total. The highest BCUT2D eigenvalue weighted by Gasteiger charge is 2.02. The molecule has 0 saturated carbocycles. The average molecular weight is 139 g/mol. The summed E-state index contributed by atoms with van der Waals surface area (Å²) in [6.45, 7) is 7.22. The maximum absolute atomic E-state index is 3.16. The van der Waals surface area contributed by atoms with Crippen LogP contribution in [0.2, 0.25) is 0 Å². The van der Waals surface area contributed by atoms with Gasteiger partial charge in [0, 0.05) is 5.41 Å². The Morgan fingerprint density at radius 3 is 2.00 bits per heavy atom. The molecule has 58 valence electrons. The summed E-state index contributed by atoms with van der Waals surface area (Å²) >= 11 is 0. The zero-order valence-electron chi connectivity index (χ0n) is 7.65. The second-order valence-electron chi connectivity index (χ2n) is 3.79. The Morgan fingerprint density at radius 1 is 1.20 bits per heavy atom. The Labute approximate surface area is 64.4 Å². The smallest absolute Gasteiger partial charge is 0.0596 e. The molecule has 0 N–H and O–H groups in total. The number of nitrogens with zero attached hydrogens (tertiary/aromatic N) is 1. The fourth-order valence-electron chi connectivity index (χ4n) is 0.463. The maximum Gasteiger partial charge on any atom is 0.0596 e. The van der Waals surface area contributed by atoms with E-state index < -0.39 is 0 Å². The second-order valence-corrected chi connectivity index (χ2v) is 3.79. The van der Waals surface area contributed by atoms with E-state index in [0.29, 0.717) is 0 Å². The predicted octanol–water partition coefficient (Wildman–Crippen LogP) is 1.60. The van der Waals surface area contributed by atoms with E-state index in [9.17, 15) is 0 Å². The number of rotatable bonds is 1. The van der Waals surface area contributed by atoms with Crippen LogP contribution in [0.4, 0.5) is 0 Å². The largest absolute Gasteiger partial charge is 0.299 e. The molecule has 0 amide bonds. The molecule has 0 atom stereocenters. The molecule has 0 saturated heterocycles. The molecule has 0 bridgehead atoms. The van der Waals surface area contributed by atoms with Gasteiger partial charge in [0.15, 0.2) is 0 Å². The lowest BCUT2D eigenvalue weighted by Crippen LogP contribution is -2.11. The molecule has 0 aromatic heterocycles. The van der Waals surface area contributed by atoms with Crippen molar-refractivity contribution in [2.45, 2.75) is 20.8 Å². The quantitative estimate of drug-likeness (QED) is 0.499. The van der Waals surface area contributed by atoms with E-state index >= 15 is 0 Å². The molecule has 0 aliphatic heterocycles. The van der Waals surface area contributed by atoms with Crippen molar-refractivity contribution in [2.24, 2.45) is 5.41 Å². The summed E-state index contributed by atoms with van der Waals surface area (Å²) in [6.07, 6.45) is 0. The Bertz CT molecular complexity index is 140. The highest BCUT2D eigenvalue weighted by Crippen LogP contribution is 2.09. The Hall–Kier alpha value is -0.480. The van der Waals surface area contributed by atoms with Crippen LogP contribution in [0.5, 0.6) is 0 Å². The summed E-state index contributed by atoms with van der Waals surface area (Å²) in [4.78, 5) is 2.07. The van der Waals surface area contributed by atoms with E-state index in [4.69, 9.17) is 0 Å². The van der Waals surface area contributed by atoms with Gasteiger partial charge < -0.3 is 0 Å². The Morgan fingerprint density at radius 2 is 1.70 bits per heavy atom. The van der Waals surface area contributed by atoms with Gasteiger partial charge in [0.25, 0.3) is 0 Å². The minimum atomic E-state index is 0.149. The zero-order valence-corrected chi connectivity index (χ0v) is 7.65. The van der Waals surface area contributed by atoms with Crippen LogP contribution < -0.4 is 0 Å². The van der Waals surface area contributed by atoms with Crippen molar-refractivity contribution in [3.8, 4) is 11.8 Å². The van der Waals surface area contributed by atoms with Crippen molar-refractivity contribution < 1.29 is 0 Å². The van der Waals surface area contributed by atoms with Gasteiger partial charge in [0.1, 0.15) is 0 Å². The standard InChI is InChI=1S/C9H17N/c1-9(2,3)7-6-8-10(4)5/h8H2,1-5H3. The molecule has 0 aliphatic carbocycles. The van der Waals surface area contributed by atoms with Crippen LogP contribution in [0, 0.1) is 17.3 Å². The molecule has 0 radical (unpaired) electrons. The first kappa shape index (κ1) is 9.52. The highest BCUT2D eigenvalue weighted by molar-refractivity contribution is 5.08. The van der Waals surface area contributed by atoms with Gasteiger partial charge in [-0.2, -0.15) is 0 Å². The van der Waals surface area contributed by atoms with Crippen molar-refractivity contribution >= 4 is 0 Å². The van der Waals surface area contributed by atoms with E-state index in [-0.39, 0.29) is 5.41 Å². The van der Waals surface area contributed by atoms with Gasteiger partial charge >= 0.3 is 0 Å². The lowest BCUT2D eigenvalue weighted by molar-refractivity contribution is 0.462. The Balaban J connectivity index is 3.71. The third-order valence-electron chi connectivity index (χ3n) is 0.859. The highest BCUT2D eigenvalue weighted by atomic mass is 15.0. The zero-order chi connectivity index (χ0) is 8.20. The lowest BCUT2D eigenvalue weighted by atomic mass is 9.98. The van der Waals surface area contributed by atoms with Gasteiger partial charge in [-0.25, -0.2) is 0 Å². The number of hydrogen-bond acceptors (Lipinski definition) is 1. The molecule has 0 aromatic rings. The molecule has 0 fully saturated rings. The summed E-state index contributed by atoms with van der Waals surface area (Å²) < 4.78 is 0. The van der Waals surface area contributed by atoms with Crippen LogP contribution in [-0.4, -0.2) is 25.5 Å². The van der Waals surface area contributed by atoms with Crippen LogP contribution in [0.25, 0.3) is 0 Å². The summed E-state index contributed by atoms with van der Waals surface area (Å²) in [5.41, 5.74) is 0.149. The normalized spacial score (nSPS) is 11.0. The van der Waals surface area contributed by atoms with Crippen molar-refractivity contribution in [1.29, 1.82) is 0 Å². The lowest BCUT2D eigenvalue weighted by Gasteiger charge is -2.08. The number of hydrogen-bond donors (Lipinski definition) is 0. The van der Waals surface area contributed by atoms with Gasteiger partial charge in [-0.15, -0.1) is 0 Å². The van der Waals surface area contributed by atoms with Crippen molar-refractivity contribution in [3.63, 3.8) is 0 Å². The third kappa shape index (κ3) is 7.52. The fraction of sp³-hybridized carbons (Fsp3) is 0.778. The summed E-state index contributed by atoms with van der Waals surface area (Å²) in [5.74, 6) is 6.26. The van der Waals surface area contributed by atoms with Crippen molar-refractivity contribution in [2.75, 3.05) is 20.6 Å². The molecular formula is C9H17N. The molecule has 0 aliphatic rings. The van der Waals surface area contributed by atoms with Crippen LogP contribution in [0.1, 0.15) is 20.8 Å². The fourth-order valence-corrected chi connectivity index (χ4v) is 0.463. The SMILES string of the molecule is CN(C)CC#CC(C)(C)C. The van der Waals surface area contributed by atoms with Gasteiger partial charge in [0.2, 0.25) is 0 Å². The summed E-state index contributed by atoms with van der Waals surface area (Å²) in [5, 5.41) is 0. The monoisotopic (exact) mass is 139 g/mol. The van der Waals surface area contributed by atoms with Gasteiger partial charge in [-0.3, -0.25) is 4.90 Å². The summed E-state index contributed by atoms with van der Waals surface area (Å²) in [6, 6.07) is 0. The molecule has 0 heterocycles. The molecule has 0 aromatic carbocycles. The van der Waals surface area contributed by atoms with Gasteiger partial charge in [-0.1, -0.05) is 11.8 Å². The summed E-state index contributed by atoms with van der Waals surface area (Å²) in [7, 11) is 4.05. The molecular weight excluding hydrogens is 122 g/mol.